The van der Waals surface area contributed by atoms with Crippen LogP contribution >= 0.6 is 0 Å². The van der Waals surface area contributed by atoms with E-state index in [2.05, 4.69) is 5.32 Å². The summed E-state index contributed by atoms with van der Waals surface area (Å²) < 4.78 is 31.9. The number of benzene rings is 2. The molecule has 132 valence electrons. The lowest BCUT2D eigenvalue weighted by atomic mass is 10.2. The average molecular weight is 348 g/mol. The predicted octanol–water partition coefficient (Wildman–Crippen LogP) is 2.64. The van der Waals surface area contributed by atoms with E-state index < -0.39 is 23.4 Å². The monoisotopic (exact) mass is 348 g/mol. The molecule has 0 saturated heterocycles. The SMILES string of the molecule is COc1ccc(CNC(=O)CN(C(C)=O)c2ccc(F)cc2F)cc1. The Morgan fingerprint density at radius 3 is 2.36 bits per heavy atom. The molecule has 1 N–H and O–H groups in total. The Balaban J connectivity index is 2.01. The molecule has 0 saturated carbocycles. The number of rotatable bonds is 6. The van der Waals surface area contributed by atoms with Gasteiger partial charge in [-0.2, -0.15) is 0 Å². The molecule has 0 bridgehead atoms. The number of nitrogens with zero attached hydrogens (tertiary/aromatic N) is 1. The molecule has 7 heteroatoms. The maximum Gasteiger partial charge on any atom is 0.240 e. The Hall–Kier alpha value is -2.96. The van der Waals surface area contributed by atoms with Crippen LogP contribution in [0.15, 0.2) is 42.5 Å². The largest absolute Gasteiger partial charge is 0.497 e. The minimum Gasteiger partial charge on any atom is -0.497 e. The van der Waals surface area contributed by atoms with Crippen LogP contribution in [0.25, 0.3) is 0 Å². The van der Waals surface area contributed by atoms with Gasteiger partial charge in [-0.1, -0.05) is 12.1 Å². The van der Waals surface area contributed by atoms with Gasteiger partial charge in [-0.3, -0.25) is 9.59 Å². The molecule has 2 aromatic carbocycles. The van der Waals surface area contributed by atoms with Gasteiger partial charge in [0, 0.05) is 19.5 Å². The molecule has 0 heterocycles. The average Bonchev–Trinajstić information content (AvgIpc) is 2.58. The van der Waals surface area contributed by atoms with E-state index in [4.69, 9.17) is 4.74 Å². The van der Waals surface area contributed by atoms with Crippen molar-refractivity contribution in [3.05, 3.63) is 59.7 Å². The molecule has 0 aromatic heterocycles. The third-order valence-corrected chi connectivity index (χ3v) is 3.53. The first kappa shape index (κ1) is 18.4. The zero-order valence-electron chi connectivity index (χ0n) is 13.9. The topological polar surface area (TPSA) is 58.6 Å². The summed E-state index contributed by atoms with van der Waals surface area (Å²) in [6.45, 7) is 1.09. The Bertz CT molecular complexity index is 763. The highest BCUT2D eigenvalue weighted by Gasteiger charge is 2.19. The minimum absolute atomic E-state index is 0.145. The van der Waals surface area contributed by atoms with Crippen LogP contribution in [-0.4, -0.2) is 25.5 Å². The summed E-state index contributed by atoms with van der Waals surface area (Å²) in [7, 11) is 1.56. The molecule has 2 rings (SSSR count). The molecule has 25 heavy (non-hydrogen) atoms. The molecule has 2 aromatic rings. The zero-order valence-corrected chi connectivity index (χ0v) is 13.9. The summed E-state index contributed by atoms with van der Waals surface area (Å²) in [5.74, 6) is -1.95. The third-order valence-electron chi connectivity index (χ3n) is 3.53. The number of amides is 2. The molecule has 0 aliphatic rings. The summed E-state index contributed by atoms with van der Waals surface area (Å²) in [5, 5.41) is 2.65. The number of anilines is 1. The molecule has 2 amide bonds. The van der Waals surface area contributed by atoms with Crippen molar-refractivity contribution in [1.82, 2.24) is 5.32 Å². The van der Waals surface area contributed by atoms with Gasteiger partial charge in [-0.05, 0) is 29.8 Å². The van der Waals surface area contributed by atoms with Gasteiger partial charge in [0.25, 0.3) is 0 Å². The molecule has 0 unspecified atom stereocenters. The number of hydrogen-bond acceptors (Lipinski definition) is 3. The van der Waals surface area contributed by atoms with Crippen molar-refractivity contribution in [3.8, 4) is 5.75 Å². The van der Waals surface area contributed by atoms with Crippen LogP contribution in [0, 0.1) is 11.6 Å². The van der Waals surface area contributed by atoms with Crippen LogP contribution in [0.4, 0.5) is 14.5 Å². The molecule has 5 nitrogen and oxygen atoms in total. The van der Waals surface area contributed by atoms with E-state index >= 15 is 0 Å². The Morgan fingerprint density at radius 1 is 1.12 bits per heavy atom. The molecular weight excluding hydrogens is 330 g/mol. The van der Waals surface area contributed by atoms with Crippen molar-refractivity contribution < 1.29 is 23.1 Å². The lowest BCUT2D eigenvalue weighted by Gasteiger charge is -2.21. The summed E-state index contributed by atoms with van der Waals surface area (Å²) >= 11 is 0. The van der Waals surface area contributed by atoms with E-state index in [-0.39, 0.29) is 18.8 Å². The van der Waals surface area contributed by atoms with Gasteiger partial charge >= 0.3 is 0 Å². The summed E-state index contributed by atoms with van der Waals surface area (Å²) in [6, 6.07) is 9.93. The van der Waals surface area contributed by atoms with E-state index in [0.717, 1.165) is 22.6 Å². The molecule has 0 aliphatic carbocycles. The van der Waals surface area contributed by atoms with Crippen LogP contribution in [-0.2, 0) is 16.1 Å². The summed E-state index contributed by atoms with van der Waals surface area (Å²) in [6.07, 6.45) is 0. The number of carbonyl (C=O) groups is 2. The van der Waals surface area contributed by atoms with Gasteiger partial charge < -0.3 is 15.0 Å². The van der Waals surface area contributed by atoms with Gasteiger partial charge in [0.15, 0.2) is 0 Å². The summed E-state index contributed by atoms with van der Waals surface area (Å²) in [5.41, 5.74) is 0.699. The van der Waals surface area contributed by atoms with E-state index in [0.29, 0.717) is 11.8 Å². The second kappa shape index (κ2) is 8.23. The molecule has 0 radical (unpaired) electrons. The standard InChI is InChI=1S/C18H18F2N2O3/c1-12(23)22(17-8-5-14(19)9-16(17)20)11-18(24)21-10-13-3-6-15(25-2)7-4-13/h3-9H,10-11H2,1-2H3,(H,21,24). The van der Waals surface area contributed by atoms with Gasteiger partial charge in [0.1, 0.15) is 23.9 Å². The van der Waals surface area contributed by atoms with Crippen LogP contribution in [0.3, 0.4) is 0 Å². The second-order valence-corrected chi connectivity index (χ2v) is 5.33. The van der Waals surface area contributed by atoms with Crippen LogP contribution in [0.2, 0.25) is 0 Å². The Kier molecular flexibility index (Phi) is 6.05. The number of ether oxygens (including phenoxy) is 1. The van der Waals surface area contributed by atoms with Gasteiger partial charge in [-0.15, -0.1) is 0 Å². The second-order valence-electron chi connectivity index (χ2n) is 5.33. The maximum atomic E-state index is 13.9. The first-order chi connectivity index (χ1) is 11.9. The fourth-order valence-electron chi connectivity index (χ4n) is 2.21. The maximum absolute atomic E-state index is 13.9. The van der Waals surface area contributed by atoms with Crippen molar-refractivity contribution in [1.29, 1.82) is 0 Å². The van der Waals surface area contributed by atoms with Crippen molar-refractivity contribution in [3.63, 3.8) is 0 Å². The highest BCUT2D eigenvalue weighted by molar-refractivity contribution is 5.97. The van der Waals surface area contributed by atoms with E-state index in [9.17, 15) is 18.4 Å². The number of nitrogens with one attached hydrogen (secondary N) is 1. The molecule has 0 aliphatic heterocycles. The van der Waals surface area contributed by atoms with Gasteiger partial charge in [0.05, 0.1) is 12.8 Å². The first-order valence-electron chi connectivity index (χ1n) is 7.53. The lowest BCUT2D eigenvalue weighted by molar-refractivity contribution is -0.123. The fraction of sp³-hybridized carbons (Fsp3) is 0.222. The van der Waals surface area contributed by atoms with Crippen molar-refractivity contribution in [2.75, 3.05) is 18.6 Å². The van der Waals surface area contributed by atoms with Crippen molar-refractivity contribution in [2.45, 2.75) is 13.5 Å². The van der Waals surface area contributed by atoms with Gasteiger partial charge in [-0.25, -0.2) is 8.78 Å². The van der Waals surface area contributed by atoms with Crippen molar-refractivity contribution in [2.24, 2.45) is 0 Å². The predicted molar refractivity (Wildman–Crippen MR) is 89.2 cm³/mol. The number of carbonyl (C=O) groups excluding carboxylic acids is 2. The van der Waals surface area contributed by atoms with Crippen LogP contribution in [0.1, 0.15) is 12.5 Å². The van der Waals surface area contributed by atoms with E-state index in [1.54, 1.807) is 31.4 Å². The highest BCUT2D eigenvalue weighted by atomic mass is 19.1. The van der Waals surface area contributed by atoms with Crippen molar-refractivity contribution >= 4 is 17.5 Å². The fourth-order valence-corrected chi connectivity index (χ4v) is 2.21. The lowest BCUT2D eigenvalue weighted by Crippen LogP contribution is -2.40. The quantitative estimate of drug-likeness (QED) is 0.873. The number of halogens is 2. The van der Waals surface area contributed by atoms with Crippen LogP contribution in [0.5, 0.6) is 5.75 Å². The minimum atomic E-state index is -0.904. The Morgan fingerprint density at radius 2 is 1.80 bits per heavy atom. The number of methoxy groups -OCH3 is 1. The molecule has 0 spiro atoms. The zero-order chi connectivity index (χ0) is 18.4. The Labute approximate surface area is 144 Å². The smallest absolute Gasteiger partial charge is 0.240 e. The van der Waals surface area contributed by atoms with Crippen LogP contribution < -0.4 is 15.0 Å². The highest BCUT2D eigenvalue weighted by Crippen LogP contribution is 2.20. The molecular formula is C18H18F2N2O3. The number of hydrogen-bond donors (Lipinski definition) is 1. The van der Waals surface area contributed by atoms with E-state index in [1.807, 2.05) is 0 Å². The molecule has 0 atom stereocenters. The van der Waals surface area contributed by atoms with Gasteiger partial charge in [0.2, 0.25) is 11.8 Å². The summed E-state index contributed by atoms with van der Waals surface area (Å²) in [4.78, 5) is 24.8. The molecule has 0 fully saturated rings. The normalized spacial score (nSPS) is 10.2. The first-order valence-corrected chi connectivity index (χ1v) is 7.53. The third kappa shape index (κ3) is 5.00. The van der Waals surface area contributed by atoms with E-state index in [1.165, 1.54) is 6.92 Å².